The number of benzene rings is 1. The summed E-state index contributed by atoms with van der Waals surface area (Å²) in [5, 5.41) is 0. The maximum absolute atomic E-state index is 7.05. The molecule has 0 aromatic heterocycles. The lowest BCUT2D eigenvalue weighted by atomic mass is 10.2. The van der Waals surface area contributed by atoms with Crippen molar-refractivity contribution in [3.63, 3.8) is 0 Å². The van der Waals surface area contributed by atoms with Gasteiger partial charge in [-0.15, -0.1) is 0 Å². The van der Waals surface area contributed by atoms with Crippen molar-refractivity contribution in [1.29, 1.82) is 0 Å². The first-order valence-corrected chi connectivity index (χ1v) is 3.37. The molecule has 0 bridgehead atoms. The summed E-state index contributed by atoms with van der Waals surface area (Å²) in [6.07, 6.45) is 0. The minimum absolute atomic E-state index is 0.0321. The van der Waals surface area contributed by atoms with Crippen LogP contribution in [-0.2, 0) is 0 Å². The van der Waals surface area contributed by atoms with E-state index in [0.717, 1.165) is 6.07 Å². The third-order valence-electron chi connectivity index (χ3n) is 1.48. The van der Waals surface area contributed by atoms with Gasteiger partial charge in [0.05, 0.1) is 29.4 Å². The minimum Gasteiger partial charge on any atom is -0.493 e. The lowest BCUT2D eigenvalue weighted by Crippen LogP contribution is -1.96. The molecule has 0 saturated carbocycles. The molecule has 0 atom stereocenters. The van der Waals surface area contributed by atoms with Gasteiger partial charge in [-0.25, -0.2) is 0 Å². The summed E-state index contributed by atoms with van der Waals surface area (Å²) >= 11 is 0. The van der Waals surface area contributed by atoms with Crippen molar-refractivity contribution in [1.82, 2.24) is 0 Å². The van der Waals surface area contributed by atoms with Crippen LogP contribution in [0.3, 0.4) is 0 Å². The molecule has 0 heterocycles. The monoisotopic (exact) mass is 189 g/mol. The number of hydrogen-bond donors (Lipinski definition) is 1. The molecule has 0 amide bonds. The van der Waals surface area contributed by atoms with Gasteiger partial charge in [-0.05, 0) is 0 Å². The number of ether oxygens (including phenoxy) is 3. The van der Waals surface area contributed by atoms with Crippen LogP contribution in [0.25, 0.3) is 0 Å². The summed E-state index contributed by atoms with van der Waals surface area (Å²) in [6.45, 7) is 0. The Kier molecular flexibility index (Phi) is 1.22. The summed E-state index contributed by atoms with van der Waals surface area (Å²) in [7, 11) is -4.29. The second-order valence-electron chi connectivity index (χ2n) is 2.25. The first kappa shape index (κ1) is 4.09. The minimum atomic E-state index is -2.78. The van der Waals surface area contributed by atoms with Gasteiger partial charge in [0.25, 0.3) is 0 Å². The van der Waals surface area contributed by atoms with Gasteiger partial charge in [0, 0.05) is 17.8 Å². The fourth-order valence-electron chi connectivity index (χ4n) is 0.925. The first-order chi connectivity index (χ1) is 8.52. The molecule has 1 aromatic carbocycles. The van der Waals surface area contributed by atoms with E-state index in [1.807, 2.05) is 0 Å². The summed E-state index contributed by atoms with van der Waals surface area (Å²) in [5.41, 5.74) is 5.69. The molecule has 72 valence electrons. The smallest absolute Gasteiger partial charge is 0.203 e. The van der Waals surface area contributed by atoms with Crippen LogP contribution < -0.4 is 19.9 Å². The Morgan fingerprint density at radius 2 is 1.77 bits per heavy atom. The van der Waals surface area contributed by atoms with Crippen LogP contribution in [0.1, 0.15) is 8.22 Å². The van der Waals surface area contributed by atoms with E-state index < -0.39 is 14.1 Å². The van der Waals surface area contributed by atoms with E-state index in [-0.39, 0.29) is 22.9 Å². The van der Waals surface area contributed by atoms with E-state index in [4.69, 9.17) is 23.4 Å². The third kappa shape index (κ3) is 1.77. The molecule has 0 saturated heterocycles. The van der Waals surface area contributed by atoms with Crippen LogP contribution in [0.15, 0.2) is 12.1 Å². The van der Waals surface area contributed by atoms with Gasteiger partial charge in [0.15, 0.2) is 11.5 Å². The summed E-state index contributed by atoms with van der Waals surface area (Å²) in [6, 6.07) is 2.45. The van der Waals surface area contributed by atoms with Gasteiger partial charge < -0.3 is 19.9 Å². The van der Waals surface area contributed by atoms with Crippen molar-refractivity contribution in [3.05, 3.63) is 12.1 Å². The zero-order valence-electron chi connectivity index (χ0n) is 13.0. The molecule has 4 heteroatoms. The van der Waals surface area contributed by atoms with Crippen LogP contribution in [-0.4, -0.2) is 21.2 Å². The van der Waals surface area contributed by atoms with Gasteiger partial charge in [-0.2, -0.15) is 0 Å². The Balaban J connectivity index is 3.29. The highest BCUT2D eigenvalue weighted by atomic mass is 16.5. The SMILES string of the molecule is [2H]C([2H])([2H])Oc1cc(N)cc(OC)c1OC([2H])([2H])[2H]. The van der Waals surface area contributed by atoms with E-state index in [1.165, 1.54) is 13.2 Å². The van der Waals surface area contributed by atoms with E-state index in [2.05, 4.69) is 4.74 Å². The van der Waals surface area contributed by atoms with Crippen molar-refractivity contribution in [3.8, 4) is 17.2 Å². The highest BCUT2D eigenvalue weighted by Crippen LogP contribution is 2.38. The topological polar surface area (TPSA) is 53.7 Å². The predicted octanol–water partition coefficient (Wildman–Crippen LogP) is 1.29. The van der Waals surface area contributed by atoms with Gasteiger partial charge in [-0.1, -0.05) is 0 Å². The van der Waals surface area contributed by atoms with Crippen LogP contribution in [0.2, 0.25) is 0 Å². The fourth-order valence-corrected chi connectivity index (χ4v) is 0.925. The Labute approximate surface area is 85.6 Å². The predicted molar refractivity (Wildman–Crippen MR) is 50.5 cm³/mol. The molecule has 13 heavy (non-hydrogen) atoms. The zero-order chi connectivity index (χ0) is 14.8. The molecule has 0 aliphatic rings. The fraction of sp³-hybridized carbons (Fsp3) is 0.333. The number of nitrogen functional groups attached to an aromatic ring is 1. The van der Waals surface area contributed by atoms with E-state index in [9.17, 15) is 0 Å². The van der Waals surface area contributed by atoms with E-state index in [1.54, 1.807) is 0 Å². The molecule has 0 fully saturated rings. The molecule has 1 rings (SSSR count). The molecule has 4 nitrogen and oxygen atoms in total. The standard InChI is InChI=1S/C9H13NO3/c1-11-7-4-6(10)5-8(12-2)9(7)13-3/h4-5H,10H2,1-3H3/i1D3,3D3. The number of rotatable bonds is 3. The maximum atomic E-state index is 7.05. The molecule has 1 aromatic rings. The summed E-state index contributed by atoms with van der Waals surface area (Å²) in [4.78, 5) is 0. The lowest BCUT2D eigenvalue weighted by molar-refractivity contribution is 0.325. The summed E-state index contributed by atoms with van der Waals surface area (Å²) in [5.74, 6) is -0.698. The van der Waals surface area contributed by atoms with Gasteiger partial charge in [0.1, 0.15) is 0 Å². The van der Waals surface area contributed by atoms with Crippen molar-refractivity contribution in [2.75, 3.05) is 26.9 Å². The third-order valence-corrected chi connectivity index (χ3v) is 1.48. The van der Waals surface area contributed by atoms with Crippen molar-refractivity contribution in [2.24, 2.45) is 0 Å². The maximum Gasteiger partial charge on any atom is 0.203 e. The van der Waals surface area contributed by atoms with Crippen molar-refractivity contribution in [2.45, 2.75) is 0 Å². The molecule has 0 radical (unpaired) electrons. The normalized spacial score (nSPS) is 18.2. The van der Waals surface area contributed by atoms with Crippen LogP contribution >= 0.6 is 0 Å². The summed E-state index contributed by atoms with van der Waals surface area (Å²) < 4.78 is 56.5. The molecular weight excluding hydrogens is 170 g/mol. The molecule has 0 unspecified atom stereocenters. The largest absolute Gasteiger partial charge is 0.493 e. The number of methoxy groups -OCH3 is 3. The van der Waals surface area contributed by atoms with E-state index in [0.29, 0.717) is 0 Å². The quantitative estimate of drug-likeness (QED) is 0.728. The second-order valence-corrected chi connectivity index (χ2v) is 2.25. The average Bonchev–Trinajstić information content (AvgIpc) is 2.17. The molecule has 0 spiro atoms. The highest BCUT2D eigenvalue weighted by molar-refractivity contribution is 5.60. The Bertz CT molecular complexity index is 456. The lowest BCUT2D eigenvalue weighted by Gasteiger charge is -2.12. The highest BCUT2D eigenvalue weighted by Gasteiger charge is 2.11. The molecule has 2 N–H and O–H groups in total. The van der Waals surface area contributed by atoms with Crippen molar-refractivity contribution >= 4 is 5.69 Å². The molecule has 0 aliphatic heterocycles. The number of nitrogens with two attached hydrogens (primary N) is 1. The first-order valence-electron chi connectivity index (χ1n) is 6.37. The van der Waals surface area contributed by atoms with Crippen LogP contribution in [0.5, 0.6) is 17.2 Å². The number of hydrogen-bond acceptors (Lipinski definition) is 4. The van der Waals surface area contributed by atoms with Crippen molar-refractivity contribution < 1.29 is 22.4 Å². The number of anilines is 1. The average molecular weight is 189 g/mol. The molecule has 0 aliphatic carbocycles. The zero-order valence-corrected chi connectivity index (χ0v) is 6.96. The van der Waals surface area contributed by atoms with E-state index >= 15 is 0 Å². The van der Waals surface area contributed by atoms with Crippen LogP contribution in [0, 0.1) is 0 Å². The van der Waals surface area contributed by atoms with Gasteiger partial charge in [-0.3, -0.25) is 0 Å². The Morgan fingerprint density at radius 1 is 1.15 bits per heavy atom. The van der Waals surface area contributed by atoms with Gasteiger partial charge >= 0.3 is 0 Å². The van der Waals surface area contributed by atoms with Crippen LogP contribution in [0.4, 0.5) is 5.69 Å². The molecular formula is C9H13NO3. The Morgan fingerprint density at radius 3 is 2.31 bits per heavy atom. The second kappa shape index (κ2) is 3.89. The Hall–Kier alpha value is -1.58. The van der Waals surface area contributed by atoms with Gasteiger partial charge in [0.2, 0.25) is 5.75 Å².